The molecule has 4 rings (SSSR count). The number of carbonyl (C=O) groups excluding carboxylic acids is 1. The van der Waals surface area contributed by atoms with Crippen LogP contribution in [0.4, 0.5) is 5.00 Å². The largest absolute Gasteiger partial charge is 0.459 e. The van der Waals surface area contributed by atoms with Crippen LogP contribution in [0.3, 0.4) is 0 Å². The maximum atomic E-state index is 12.8. The number of thioether (sulfide) groups is 1. The molecule has 30 heavy (non-hydrogen) atoms. The van der Waals surface area contributed by atoms with Crippen molar-refractivity contribution < 1.29 is 14.1 Å². The summed E-state index contributed by atoms with van der Waals surface area (Å²) < 4.78 is 5.32. The normalized spacial score (nSPS) is 15.8. The standard InChI is InChI=1S/C24H28N2O2S2/c1-16-17(2)30-24(25-23(27)20-8-7-15-28-20)21(16)22(26-13-5-4-6-14-26)18-9-11-19(29-3)12-10-18/h7-12,15,22H,4-6,13-14H2,1-3H3,(H,25,27)/p+1. The first-order valence-electron chi connectivity index (χ1n) is 10.5. The molecule has 6 heteroatoms. The molecule has 4 nitrogen and oxygen atoms in total. The van der Waals surface area contributed by atoms with Gasteiger partial charge >= 0.3 is 0 Å². The number of anilines is 1. The van der Waals surface area contributed by atoms with Crippen molar-refractivity contribution in [2.24, 2.45) is 0 Å². The van der Waals surface area contributed by atoms with Crippen molar-refractivity contribution in [2.75, 3.05) is 24.7 Å². The number of furan rings is 1. The van der Waals surface area contributed by atoms with Crippen molar-refractivity contribution in [3.05, 3.63) is 70.0 Å². The van der Waals surface area contributed by atoms with E-state index in [9.17, 15) is 4.79 Å². The molecule has 1 amide bonds. The van der Waals surface area contributed by atoms with E-state index in [-0.39, 0.29) is 11.9 Å². The van der Waals surface area contributed by atoms with E-state index >= 15 is 0 Å². The zero-order valence-electron chi connectivity index (χ0n) is 17.8. The topological polar surface area (TPSA) is 46.7 Å². The third-order valence-corrected chi connectivity index (χ3v) is 7.93. The predicted molar refractivity (Wildman–Crippen MR) is 125 cm³/mol. The van der Waals surface area contributed by atoms with Gasteiger partial charge in [0.05, 0.1) is 24.9 Å². The molecule has 2 N–H and O–H groups in total. The first kappa shape index (κ1) is 21.2. The number of thiophene rings is 1. The Hall–Kier alpha value is -2.02. The van der Waals surface area contributed by atoms with Crippen LogP contribution in [0.15, 0.2) is 52.0 Å². The molecule has 1 aromatic carbocycles. The molecule has 0 spiro atoms. The lowest BCUT2D eigenvalue weighted by atomic mass is 9.93. The Balaban J connectivity index is 1.76. The third kappa shape index (κ3) is 4.36. The molecule has 1 fully saturated rings. The van der Waals surface area contributed by atoms with Gasteiger partial charge in [0.2, 0.25) is 0 Å². The Bertz CT molecular complexity index is 987. The fraction of sp³-hybridized carbons (Fsp3) is 0.375. The van der Waals surface area contributed by atoms with Crippen molar-refractivity contribution >= 4 is 34.0 Å². The van der Waals surface area contributed by atoms with Gasteiger partial charge in [-0.1, -0.05) is 12.1 Å². The minimum absolute atomic E-state index is 0.187. The minimum atomic E-state index is -0.187. The summed E-state index contributed by atoms with van der Waals surface area (Å²) in [4.78, 5) is 16.9. The molecule has 2 aromatic heterocycles. The molecule has 158 valence electrons. The van der Waals surface area contributed by atoms with Crippen molar-refractivity contribution in [1.82, 2.24) is 0 Å². The number of hydrogen-bond acceptors (Lipinski definition) is 4. The van der Waals surface area contributed by atoms with E-state index < -0.39 is 0 Å². The number of piperidine rings is 1. The van der Waals surface area contributed by atoms with E-state index in [0.29, 0.717) is 5.76 Å². The van der Waals surface area contributed by atoms with Crippen LogP contribution in [0.25, 0.3) is 0 Å². The van der Waals surface area contributed by atoms with E-state index in [1.807, 2.05) is 0 Å². The molecular weight excluding hydrogens is 412 g/mol. The van der Waals surface area contributed by atoms with Gasteiger partial charge in [-0.05, 0) is 69.2 Å². The van der Waals surface area contributed by atoms with Gasteiger partial charge in [-0.15, -0.1) is 23.1 Å². The molecule has 0 saturated carbocycles. The molecule has 3 aromatic rings. The summed E-state index contributed by atoms with van der Waals surface area (Å²) in [5, 5.41) is 4.10. The van der Waals surface area contributed by atoms with Gasteiger partial charge < -0.3 is 14.6 Å². The van der Waals surface area contributed by atoms with E-state index in [4.69, 9.17) is 4.42 Å². The number of amides is 1. The lowest BCUT2D eigenvalue weighted by Crippen LogP contribution is -3.13. The Morgan fingerprint density at radius 2 is 1.87 bits per heavy atom. The molecule has 3 heterocycles. The first-order valence-corrected chi connectivity index (χ1v) is 12.6. The van der Waals surface area contributed by atoms with Crippen LogP contribution in [-0.2, 0) is 0 Å². The SMILES string of the molecule is CSc1ccc(C(c2c(NC(=O)c3ccco3)sc(C)c2C)[NH+]2CCCCC2)cc1. The van der Waals surface area contributed by atoms with Gasteiger partial charge in [0.1, 0.15) is 11.0 Å². The summed E-state index contributed by atoms with van der Waals surface area (Å²) in [6.45, 7) is 6.66. The Morgan fingerprint density at radius 3 is 2.50 bits per heavy atom. The van der Waals surface area contributed by atoms with Crippen molar-refractivity contribution in [3.63, 3.8) is 0 Å². The molecule has 1 aliphatic rings. The number of quaternary nitrogens is 1. The smallest absolute Gasteiger partial charge is 0.291 e. The van der Waals surface area contributed by atoms with Crippen molar-refractivity contribution in [3.8, 4) is 0 Å². The lowest BCUT2D eigenvalue weighted by Gasteiger charge is -2.33. The molecule has 0 radical (unpaired) electrons. The molecule has 1 aliphatic heterocycles. The van der Waals surface area contributed by atoms with E-state index in [0.717, 1.165) is 18.1 Å². The van der Waals surface area contributed by atoms with E-state index in [1.165, 1.54) is 52.0 Å². The number of carbonyl (C=O) groups is 1. The number of rotatable bonds is 6. The molecular formula is C24H29N2O2S2+. The number of nitrogens with one attached hydrogen (secondary N) is 2. The number of hydrogen-bond donors (Lipinski definition) is 2. The zero-order chi connectivity index (χ0) is 21.1. The maximum Gasteiger partial charge on any atom is 0.291 e. The second-order valence-corrected chi connectivity index (χ2v) is 9.99. The maximum absolute atomic E-state index is 12.8. The fourth-order valence-electron chi connectivity index (χ4n) is 4.35. The van der Waals surface area contributed by atoms with Gasteiger partial charge in [0.15, 0.2) is 5.76 Å². The Morgan fingerprint density at radius 1 is 1.13 bits per heavy atom. The van der Waals surface area contributed by atoms with Gasteiger partial charge in [-0.3, -0.25) is 4.79 Å². The molecule has 1 saturated heterocycles. The van der Waals surface area contributed by atoms with E-state index in [1.54, 1.807) is 40.1 Å². The highest BCUT2D eigenvalue weighted by molar-refractivity contribution is 7.98. The van der Waals surface area contributed by atoms with Crippen LogP contribution < -0.4 is 10.2 Å². The van der Waals surface area contributed by atoms with E-state index in [2.05, 4.69) is 49.7 Å². The lowest BCUT2D eigenvalue weighted by molar-refractivity contribution is -0.930. The summed E-state index contributed by atoms with van der Waals surface area (Å²) in [5.74, 6) is 0.156. The van der Waals surface area contributed by atoms with Crippen molar-refractivity contribution in [2.45, 2.75) is 44.0 Å². The second kappa shape index (κ2) is 9.41. The fourth-order valence-corrected chi connectivity index (χ4v) is 5.86. The quantitative estimate of drug-likeness (QED) is 0.524. The average Bonchev–Trinajstić information content (AvgIpc) is 3.40. The van der Waals surface area contributed by atoms with Crippen molar-refractivity contribution in [1.29, 1.82) is 0 Å². The second-order valence-electron chi connectivity index (χ2n) is 7.88. The third-order valence-electron chi connectivity index (χ3n) is 6.05. The highest BCUT2D eigenvalue weighted by Gasteiger charge is 2.33. The molecule has 0 aliphatic carbocycles. The monoisotopic (exact) mass is 441 g/mol. The zero-order valence-corrected chi connectivity index (χ0v) is 19.4. The molecule has 0 bridgehead atoms. The van der Waals surface area contributed by atoms with Crippen LogP contribution in [0.2, 0.25) is 0 Å². The molecule has 1 unspecified atom stereocenters. The summed E-state index contributed by atoms with van der Waals surface area (Å²) in [6.07, 6.45) is 7.47. The summed E-state index contributed by atoms with van der Waals surface area (Å²) in [7, 11) is 0. The Kier molecular flexibility index (Phi) is 6.66. The predicted octanol–water partition coefficient (Wildman–Crippen LogP) is 5.09. The first-order chi connectivity index (χ1) is 14.6. The van der Waals surface area contributed by atoms with Gasteiger partial charge in [-0.2, -0.15) is 0 Å². The average molecular weight is 442 g/mol. The van der Waals surface area contributed by atoms with Crippen LogP contribution in [0.1, 0.15) is 57.4 Å². The number of benzene rings is 1. The highest BCUT2D eigenvalue weighted by atomic mass is 32.2. The van der Waals surface area contributed by atoms with Crippen LogP contribution >= 0.6 is 23.1 Å². The summed E-state index contributed by atoms with van der Waals surface area (Å²) in [6, 6.07) is 12.6. The van der Waals surface area contributed by atoms with Crippen LogP contribution in [0.5, 0.6) is 0 Å². The van der Waals surface area contributed by atoms with Gasteiger partial charge in [0, 0.05) is 15.3 Å². The summed E-state index contributed by atoms with van der Waals surface area (Å²) >= 11 is 3.44. The van der Waals surface area contributed by atoms with Gasteiger partial charge in [-0.25, -0.2) is 0 Å². The van der Waals surface area contributed by atoms with Crippen LogP contribution in [-0.4, -0.2) is 25.3 Å². The Labute approximate surface area is 186 Å². The number of likely N-dealkylation sites (tertiary alicyclic amines) is 1. The number of aryl methyl sites for hydroxylation is 1. The minimum Gasteiger partial charge on any atom is -0.459 e. The van der Waals surface area contributed by atoms with Crippen LogP contribution in [0, 0.1) is 13.8 Å². The summed E-state index contributed by atoms with van der Waals surface area (Å²) in [5.41, 5.74) is 3.86. The van der Waals surface area contributed by atoms with Gasteiger partial charge in [0.25, 0.3) is 5.91 Å². The molecule has 1 atom stereocenters. The highest BCUT2D eigenvalue weighted by Crippen LogP contribution is 2.39.